The van der Waals surface area contributed by atoms with E-state index in [0.29, 0.717) is 17.2 Å². The van der Waals surface area contributed by atoms with Gasteiger partial charge in [-0.2, -0.15) is 0 Å². The van der Waals surface area contributed by atoms with Crippen LogP contribution in [0.1, 0.15) is 37.0 Å². The largest absolute Gasteiger partial charge is 0.399 e. The Balaban J connectivity index is 2.52. The number of carbonyl (C=O) groups is 1. The second kappa shape index (κ2) is 6.16. The predicted molar refractivity (Wildman–Crippen MR) is 67.3 cm³/mol. The Morgan fingerprint density at radius 1 is 1.38 bits per heavy atom. The lowest BCUT2D eigenvalue weighted by Gasteiger charge is -2.13. The minimum Gasteiger partial charge on any atom is -0.399 e. The Kier molecular flexibility index (Phi) is 4.83. The van der Waals surface area contributed by atoms with Gasteiger partial charge >= 0.3 is 0 Å². The fourth-order valence-electron chi connectivity index (χ4n) is 1.60. The van der Waals surface area contributed by atoms with Crippen molar-refractivity contribution in [1.82, 2.24) is 5.32 Å². The average Bonchev–Trinajstić information content (AvgIpc) is 2.30. The lowest BCUT2D eigenvalue weighted by atomic mass is 10.0. The van der Waals surface area contributed by atoms with Crippen molar-refractivity contribution in [2.75, 3.05) is 12.3 Å². The number of benzene rings is 1. The first-order valence-corrected chi connectivity index (χ1v) is 5.81. The molecule has 88 valence electrons. The van der Waals surface area contributed by atoms with E-state index in [0.717, 1.165) is 19.4 Å². The molecule has 1 aromatic carbocycles. The fraction of sp³-hybridized carbons (Fsp3) is 0.462. The van der Waals surface area contributed by atoms with Gasteiger partial charge in [0.25, 0.3) is 5.91 Å². The van der Waals surface area contributed by atoms with E-state index >= 15 is 0 Å². The van der Waals surface area contributed by atoms with E-state index in [4.69, 9.17) is 5.73 Å². The van der Waals surface area contributed by atoms with Crippen LogP contribution >= 0.6 is 0 Å². The average molecular weight is 220 g/mol. The normalized spacial score (nSPS) is 10.4. The van der Waals surface area contributed by atoms with E-state index in [-0.39, 0.29) is 5.91 Å². The number of nitrogens with two attached hydrogens (primary N) is 1. The molecule has 3 nitrogen and oxygen atoms in total. The zero-order valence-electron chi connectivity index (χ0n) is 9.99. The molecule has 3 heteroatoms. The summed E-state index contributed by atoms with van der Waals surface area (Å²) in [5.74, 6) is 0.518. The first kappa shape index (κ1) is 12.6. The summed E-state index contributed by atoms with van der Waals surface area (Å²) in [5.41, 5.74) is 6.88. The van der Waals surface area contributed by atoms with Gasteiger partial charge in [0.2, 0.25) is 0 Å². The minimum absolute atomic E-state index is 0.0424. The van der Waals surface area contributed by atoms with Crippen molar-refractivity contribution >= 4 is 11.6 Å². The second-order valence-corrected chi connectivity index (χ2v) is 4.02. The lowest BCUT2D eigenvalue weighted by molar-refractivity contribution is 0.0946. The topological polar surface area (TPSA) is 55.1 Å². The van der Waals surface area contributed by atoms with Crippen molar-refractivity contribution < 1.29 is 4.79 Å². The molecule has 0 aliphatic carbocycles. The summed E-state index contributed by atoms with van der Waals surface area (Å²) in [7, 11) is 0. The summed E-state index contributed by atoms with van der Waals surface area (Å²) in [6, 6.07) is 7.04. The van der Waals surface area contributed by atoms with E-state index in [1.165, 1.54) is 0 Å². The van der Waals surface area contributed by atoms with Crippen LogP contribution < -0.4 is 11.1 Å². The van der Waals surface area contributed by atoms with Crippen molar-refractivity contribution in [1.29, 1.82) is 0 Å². The molecule has 0 saturated carbocycles. The van der Waals surface area contributed by atoms with Gasteiger partial charge in [-0.3, -0.25) is 4.79 Å². The highest BCUT2D eigenvalue weighted by Crippen LogP contribution is 2.08. The Bertz CT molecular complexity index is 346. The van der Waals surface area contributed by atoms with Crippen LogP contribution in [0.3, 0.4) is 0 Å². The lowest BCUT2D eigenvalue weighted by Crippen LogP contribution is -2.28. The van der Waals surface area contributed by atoms with Crippen LogP contribution in [0, 0.1) is 5.92 Å². The van der Waals surface area contributed by atoms with Gasteiger partial charge in [-0.15, -0.1) is 0 Å². The molecule has 3 N–H and O–H groups in total. The van der Waals surface area contributed by atoms with E-state index < -0.39 is 0 Å². The van der Waals surface area contributed by atoms with Crippen LogP contribution in [0.15, 0.2) is 24.3 Å². The van der Waals surface area contributed by atoms with Crippen LogP contribution in [0.2, 0.25) is 0 Å². The molecule has 0 unspecified atom stereocenters. The summed E-state index contributed by atoms with van der Waals surface area (Å²) < 4.78 is 0. The molecule has 0 radical (unpaired) electrons. The van der Waals surface area contributed by atoms with Gasteiger partial charge in [0.1, 0.15) is 0 Å². The van der Waals surface area contributed by atoms with Gasteiger partial charge in [0.15, 0.2) is 0 Å². The van der Waals surface area contributed by atoms with E-state index in [2.05, 4.69) is 19.2 Å². The van der Waals surface area contributed by atoms with E-state index in [1.807, 2.05) is 0 Å². The Hall–Kier alpha value is -1.51. The second-order valence-electron chi connectivity index (χ2n) is 4.02. The zero-order chi connectivity index (χ0) is 12.0. The monoisotopic (exact) mass is 220 g/mol. The van der Waals surface area contributed by atoms with E-state index in [1.54, 1.807) is 24.3 Å². The quantitative estimate of drug-likeness (QED) is 0.749. The first-order chi connectivity index (χ1) is 7.67. The highest BCUT2D eigenvalue weighted by Gasteiger charge is 2.08. The molecule has 0 fully saturated rings. The highest BCUT2D eigenvalue weighted by molar-refractivity contribution is 5.94. The Morgan fingerprint density at radius 2 is 2.06 bits per heavy atom. The standard InChI is InChI=1S/C13H20N2O/c1-3-10(4-2)9-15-13(16)11-6-5-7-12(14)8-11/h5-8,10H,3-4,9,14H2,1-2H3,(H,15,16). The summed E-state index contributed by atoms with van der Waals surface area (Å²) in [6.45, 7) is 5.02. The molecule has 0 bridgehead atoms. The number of nitrogens with one attached hydrogen (secondary N) is 1. The van der Waals surface area contributed by atoms with E-state index in [9.17, 15) is 4.79 Å². The molecule has 0 spiro atoms. The third-order valence-electron chi connectivity index (χ3n) is 2.85. The molecule has 0 aromatic heterocycles. The van der Waals surface area contributed by atoms with Gasteiger partial charge in [0.05, 0.1) is 0 Å². The predicted octanol–water partition coefficient (Wildman–Crippen LogP) is 2.43. The van der Waals surface area contributed by atoms with Gasteiger partial charge in [-0.05, 0) is 24.1 Å². The summed E-state index contributed by atoms with van der Waals surface area (Å²) in [4.78, 5) is 11.8. The van der Waals surface area contributed by atoms with Crippen molar-refractivity contribution in [3.8, 4) is 0 Å². The number of rotatable bonds is 5. The van der Waals surface area contributed by atoms with Gasteiger partial charge in [-0.25, -0.2) is 0 Å². The van der Waals surface area contributed by atoms with Crippen molar-refractivity contribution in [3.05, 3.63) is 29.8 Å². The molecule has 16 heavy (non-hydrogen) atoms. The SMILES string of the molecule is CCC(CC)CNC(=O)c1cccc(N)c1. The van der Waals surface area contributed by atoms with Gasteiger partial charge in [0, 0.05) is 17.8 Å². The number of anilines is 1. The first-order valence-electron chi connectivity index (χ1n) is 5.81. The minimum atomic E-state index is -0.0424. The fourth-order valence-corrected chi connectivity index (χ4v) is 1.60. The number of amides is 1. The number of carbonyl (C=O) groups excluding carboxylic acids is 1. The molecule has 0 saturated heterocycles. The molecule has 1 rings (SSSR count). The Morgan fingerprint density at radius 3 is 2.62 bits per heavy atom. The van der Waals surface area contributed by atoms with Crippen molar-refractivity contribution in [2.24, 2.45) is 5.92 Å². The molecule has 1 amide bonds. The van der Waals surface area contributed by atoms with Crippen molar-refractivity contribution in [3.63, 3.8) is 0 Å². The maximum atomic E-state index is 11.8. The third kappa shape index (κ3) is 3.57. The maximum Gasteiger partial charge on any atom is 0.251 e. The smallest absolute Gasteiger partial charge is 0.251 e. The van der Waals surface area contributed by atoms with Crippen molar-refractivity contribution in [2.45, 2.75) is 26.7 Å². The Labute approximate surface area is 97.0 Å². The van der Waals surface area contributed by atoms with Crippen LogP contribution in [0.5, 0.6) is 0 Å². The zero-order valence-corrected chi connectivity index (χ0v) is 9.99. The molecule has 0 aliphatic heterocycles. The molecule has 0 atom stereocenters. The number of nitrogen functional groups attached to an aromatic ring is 1. The van der Waals surface area contributed by atoms with Crippen LogP contribution in [0.4, 0.5) is 5.69 Å². The molecule has 1 aromatic rings. The van der Waals surface area contributed by atoms with Gasteiger partial charge < -0.3 is 11.1 Å². The third-order valence-corrected chi connectivity index (χ3v) is 2.85. The summed E-state index contributed by atoms with van der Waals surface area (Å²) in [6.07, 6.45) is 2.18. The number of hydrogen-bond acceptors (Lipinski definition) is 2. The van der Waals surface area contributed by atoms with Gasteiger partial charge in [-0.1, -0.05) is 32.8 Å². The molecule has 0 aliphatic rings. The molecular weight excluding hydrogens is 200 g/mol. The van der Waals surface area contributed by atoms with Crippen LogP contribution in [0.25, 0.3) is 0 Å². The maximum absolute atomic E-state index is 11.8. The summed E-state index contributed by atoms with van der Waals surface area (Å²) in [5, 5.41) is 2.93. The molecule has 0 heterocycles. The highest BCUT2D eigenvalue weighted by atomic mass is 16.1. The van der Waals surface area contributed by atoms with Crippen LogP contribution in [-0.2, 0) is 0 Å². The summed E-state index contributed by atoms with van der Waals surface area (Å²) >= 11 is 0. The number of hydrogen-bond donors (Lipinski definition) is 2. The molecular formula is C13H20N2O. The van der Waals surface area contributed by atoms with Crippen LogP contribution in [-0.4, -0.2) is 12.5 Å².